The Hall–Kier alpha value is -1.40. The van der Waals surface area contributed by atoms with E-state index in [4.69, 9.17) is 5.26 Å². The molecule has 2 atom stereocenters. The molecule has 0 aliphatic carbocycles. The first-order chi connectivity index (χ1) is 6.74. The highest BCUT2D eigenvalue weighted by atomic mass is 14.9. The van der Waals surface area contributed by atoms with E-state index in [1.54, 1.807) is 6.20 Å². The number of nitrogens with one attached hydrogen (secondary N) is 1. The standard InChI is InChI=1S/C11H15N3/c1-9(6-12)7-14-10(2)11-4-3-5-13-8-11/h3-5,8-10,14H,7H2,1-2H3/t9?,10-/m0/s1. The Labute approximate surface area is 84.8 Å². The van der Waals surface area contributed by atoms with E-state index in [1.807, 2.05) is 25.3 Å². The Bertz CT molecular complexity index is 302. The quantitative estimate of drug-likeness (QED) is 0.786. The van der Waals surface area contributed by atoms with Gasteiger partial charge in [0.1, 0.15) is 0 Å². The molecule has 0 radical (unpaired) electrons. The van der Waals surface area contributed by atoms with Crippen molar-refractivity contribution in [1.29, 1.82) is 5.26 Å². The van der Waals surface area contributed by atoms with Crippen LogP contribution in [0.5, 0.6) is 0 Å². The molecule has 3 heteroatoms. The summed E-state index contributed by atoms with van der Waals surface area (Å²) >= 11 is 0. The minimum Gasteiger partial charge on any atom is -0.309 e. The molecular formula is C11H15N3. The Morgan fingerprint density at radius 3 is 2.93 bits per heavy atom. The van der Waals surface area contributed by atoms with E-state index in [0.717, 1.165) is 5.56 Å². The first-order valence-corrected chi connectivity index (χ1v) is 4.77. The Balaban J connectivity index is 2.44. The van der Waals surface area contributed by atoms with E-state index in [2.05, 4.69) is 23.3 Å². The molecule has 0 spiro atoms. The van der Waals surface area contributed by atoms with Gasteiger partial charge in [-0.05, 0) is 25.5 Å². The molecule has 0 fully saturated rings. The molecule has 0 aromatic carbocycles. The lowest BCUT2D eigenvalue weighted by molar-refractivity contribution is 0.527. The van der Waals surface area contributed by atoms with E-state index < -0.39 is 0 Å². The monoisotopic (exact) mass is 189 g/mol. The number of hydrogen-bond donors (Lipinski definition) is 1. The van der Waals surface area contributed by atoms with Crippen molar-refractivity contribution < 1.29 is 0 Å². The second-order valence-electron chi connectivity index (χ2n) is 3.45. The van der Waals surface area contributed by atoms with Gasteiger partial charge in [-0.3, -0.25) is 4.98 Å². The highest BCUT2D eigenvalue weighted by Crippen LogP contribution is 2.09. The van der Waals surface area contributed by atoms with Gasteiger partial charge in [-0.25, -0.2) is 0 Å². The van der Waals surface area contributed by atoms with Crippen LogP contribution < -0.4 is 5.32 Å². The number of pyridine rings is 1. The molecule has 1 unspecified atom stereocenters. The van der Waals surface area contributed by atoms with Gasteiger partial charge in [0.2, 0.25) is 0 Å². The van der Waals surface area contributed by atoms with Crippen LogP contribution >= 0.6 is 0 Å². The van der Waals surface area contributed by atoms with Crippen molar-refractivity contribution in [1.82, 2.24) is 10.3 Å². The summed E-state index contributed by atoms with van der Waals surface area (Å²) < 4.78 is 0. The van der Waals surface area contributed by atoms with Crippen LogP contribution in [0, 0.1) is 17.2 Å². The molecule has 1 rings (SSSR count). The summed E-state index contributed by atoms with van der Waals surface area (Å²) in [6, 6.07) is 6.39. The van der Waals surface area contributed by atoms with Crippen LogP contribution in [-0.4, -0.2) is 11.5 Å². The van der Waals surface area contributed by atoms with E-state index in [1.165, 1.54) is 0 Å². The highest BCUT2D eigenvalue weighted by Gasteiger charge is 2.06. The first kappa shape index (κ1) is 10.7. The predicted octanol–water partition coefficient (Wildman–Crippen LogP) is 1.89. The highest BCUT2D eigenvalue weighted by molar-refractivity contribution is 5.12. The third-order valence-corrected chi connectivity index (χ3v) is 2.14. The van der Waals surface area contributed by atoms with Crippen molar-refractivity contribution in [2.24, 2.45) is 5.92 Å². The van der Waals surface area contributed by atoms with Gasteiger partial charge in [-0.2, -0.15) is 5.26 Å². The summed E-state index contributed by atoms with van der Waals surface area (Å²) in [5, 5.41) is 11.9. The minimum absolute atomic E-state index is 0.0501. The Morgan fingerprint density at radius 1 is 1.57 bits per heavy atom. The zero-order chi connectivity index (χ0) is 10.4. The van der Waals surface area contributed by atoms with Crippen LogP contribution in [0.15, 0.2) is 24.5 Å². The predicted molar refractivity (Wildman–Crippen MR) is 55.4 cm³/mol. The van der Waals surface area contributed by atoms with Crippen molar-refractivity contribution in [3.8, 4) is 6.07 Å². The zero-order valence-corrected chi connectivity index (χ0v) is 8.57. The van der Waals surface area contributed by atoms with Crippen molar-refractivity contribution in [2.45, 2.75) is 19.9 Å². The van der Waals surface area contributed by atoms with Crippen LogP contribution in [0.3, 0.4) is 0 Å². The van der Waals surface area contributed by atoms with Crippen LogP contribution in [0.1, 0.15) is 25.5 Å². The van der Waals surface area contributed by atoms with Crippen LogP contribution in [0.4, 0.5) is 0 Å². The molecule has 1 aromatic rings. The lowest BCUT2D eigenvalue weighted by atomic mass is 10.1. The van der Waals surface area contributed by atoms with Crippen molar-refractivity contribution in [2.75, 3.05) is 6.54 Å². The second-order valence-corrected chi connectivity index (χ2v) is 3.45. The summed E-state index contributed by atoms with van der Waals surface area (Å²) in [4.78, 5) is 4.05. The fraction of sp³-hybridized carbons (Fsp3) is 0.455. The maximum Gasteiger partial charge on any atom is 0.0666 e. The van der Waals surface area contributed by atoms with Crippen LogP contribution in [0.2, 0.25) is 0 Å². The second kappa shape index (κ2) is 5.36. The average molecular weight is 189 g/mol. The lowest BCUT2D eigenvalue weighted by Crippen LogP contribution is -2.23. The first-order valence-electron chi connectivity index (χ1n) is 4.77. The van der Waals surface area contributed by atoms with Crippen molar-refractivity contribution >= 4 is 0 Å². The molecular weight excluding hydrogens is 174 g/mol. The van der Waals surface area contributed by atoms with Gasteiger partial charge >= 0.3 is 0 Å². The maximum atomic E-state index is 8.62. The topological polar surface area (TPSA) is 48.7 Å². The maximum absolute atomic E-state index is 8.62. The third kappa shape index (κ3) is 3.15. The number of aromatic nitrogens is 1. The largest absolute Gasteiger partial charge is 0.309 e. The number of hydrogen-bond acceptors (Lipinski definition) is 3. The van der Waals surface area contributed by atoms with Gasteiger partial charge in [-0.1, -0.05) is 6.07 Å². The third-order valence-electron chi connectivity index (χ3n) is 2.14. The molecule has 0 amide bonds. The molecule has 0 saturated carbocycles. The van der Waals surface area contributed by atoms with Gasteiger partial charge in [-0.15, -0.1) is 0 Å². The van der Waals surface area contributed by atoms with Crippen LogP contribution in [-0.2, 0) is 0 Å². The van der Waals surface area contributed by atoms with Gasteiger partial charge in [0, 0.05) is 25.0 Å². The summed E-state index contributed by atoms with van der Waals surface area (Å²) in [6.45, 7) is 4.69. The average Bonchev–Trinajstić information content (AvgIpc) is 2.26. The zero-order valence-electron chi connectivity index (χ0n) is 8.57. The van der Waals surface area contributed by atoms with Crippen LogP contribution in [0.25, 0.3) is 0 Å². The Kier molecular flexibility index (Phi) is 4.09. The minimum atomic E-state index is 0.0501. The number of rotatable bonds is 4. The van der Waals surface area contributed by atoms with E-state index in [0.29, 0.717) is 6.54 Å². The van der Waals surface area contributed by atoms with Gasteiger partial charge < -0.3 is 5.32 Å². The molecule has 0 saturated heterocycles. The normalized spacial score (nSPS) is 14.4. The molecule has 3 nitrogen and oxygen atoms in total. The molecule has 0 aliphatic rings. The Morgan fingerprint density at radius 2 is 2.36 bits per heavy atom. The van der Waals surface area contributed by atoms with E-state index in [-0.39, 0.29) is 12.0 Å². The van der Waals surface area contributed by atoms with Crippen molar-refractivity contribution in [3.05, 3.63) is 30.1 Å². The van der Waals surface area contributed by atoms with Gasteiger partial charge in [0.15, 0.2) is 0 Å². The number of nitriles is 1. The molecule has 1 aromatic heterocycles. The fourth-order valence-corrected chi connectivity index (χ4v) is 1.15. The van der Waals surface area contributed by atoms with Crippen molar-refractivity contribution in [3.63, 3.8) is 0 Å². The molecule has 1 heterocycles. The van der Waals surface area contributed by atoms with E-state index in [9.17, 15) is 0 Å². The smallest absolute Gasteiger partial charge is 0.0666 e. The van der Waals surface area contributed by atoms with Gasteiger partial charge in [0.05, 0.1) is 12.0 Å². The molecule has 74 valence electrons. The number of nitrogens with zero attached hydrogens (tertiary/aromatic N) is 2. The fourth-order valence-electron chi connectivity index (χ4n) is 1.15. The molecule has 1 N–H and O–H groups in total. The lowest BCUT2D eigenvalue weighted by Gasteiger charge is -2.14. The molecule has 0 aliphatic heterocycles. The van der Waals surface area contributed by atoms with Gasteiger partial charge in [0.25, 0.3) is 0 Å². The summed E-state index contributed by atoms with van der Waals surface area (Å²) in [5.41, 5.74) is 1.15. The van der Waals surface area contributed by atoms with E-state index >= 15 is 0 Å². The molecule has 0 bridgehead atoms. The SMILES string of the molecule is CC(C#N)CN[C@@H](C)c1cccnc1. The summed E-state index contributed by atoms with van der Waals surface area (Å²) in [7, 11) is 0. The summed E-state index contributed by atoms with van der Waals surface area (Å²) in [5.74, 6) is 0.0501. The summed E-state index contributed by atoms with van der Waals surface area (Å²) in [6.07, 6.45) is 3.60. The molecule has 14 heavy (non-hydrogen) atoms.